The van der Waals surface area contributed by atoms with Gasteiger partial charge >= 0.3 is 0 Å². The number of H-pyrrole nitrogens is 1. The SMILES string of the molecule is CS(=O)(=O)c1c(Cl)cn[nH]c1=O. The highest BCUT2D eigenvalue weighted by Crippen LogP contribution is 2.13. The van der Waals surface area contributed by atoms with E-state index in [1.165, 1.54) is 0 Å². The number of nitrogens with one attached hydrogen (secondary N) is 1. The molecule has 0 saturated carbocycles. The topological polar surface area (TPSA) is 79.9 Å². The monoisotopic (exact) mass is 208 g/mol. The number of nitrogens with zero attached hydrogens (tertiary/aromatic N) is 1. The number of sulfone groups is 1. The Hall–Kier alpha value is -0.880. The fourth-order valence-corrected chi connectivity index (χ4v) is 2.06. The molecule has 0 atom stereocenters. The predicted octanol–water partition coefficient (Wildman–Crippen LogP) is -0.173. The normalized spacial score (nSPS) is 11.5. The highest BCUT2D eigenvalue weighted by Gasteiger charge is 2.16. The molecule has 0 spiro atoms. The Bertz CT molecular complexity index is 450. The van der Waals surface area contributed by atoms with Crippen LogP contribution in [0.3, 0.4) is 0 Å². The second-order valence-electron chi connectivity index (χ2n) is 2.15. The number of hydrogen-bond acceptors (Lipinski definition) is 4. The molecule has 5 nitrogen and oxygen atoms in total. The van der Waals surface area contributed by atoms with Crippen LogP contribution in [0.1, 0.15) is 0 Å². The van der Waals surface area contributed by atoms with Crippen molar-refractivity contribution in [1.29, 1.82) is 0 Å². The summed E-state index contributed by atoms with van der Waals surface area (Å²) in [6.07, 6.45) is 1.97. The van der Waals surface area contributed by atoms with Crippen molar-refractivity contribution >= 4 is 21.4 Å². The van der Waals surface area contributed by atoms with Crippen LogP contribution >= 0.6 is 11.6 Å². The Kier molecular flexibility index (Phi) is 2.20. The zero-order valence-electron chi connectivity index (χ0n) is 6.04. The number of rotatable bonds is 1. The highest BCUT2D eigenvalue weighted by molar-refractivity contribution is 7.90. The molecule has 0 amide bonds. The van der Waals surface area contributed by atoms with Gasteiger partial charge in [-0.2, -0.15) is 5.10 Å². The lowest BCUT2D eigenvalue weighted by Gasteiger charge is -1.96. The van der Waals surface area contributed by atoms with E-state index in [1.807, 2.05) is 5.10 Å². The fourth-order valence-electron chi connectivity index (χ4n) is 0.711. The molecule has 0 aliphatic heterocycles. The van der Waals surface area contributed by atoms with Crippen LogP contribution in [0.2, 0.25) is 5.02 Å². The zero-order chi connectivity index (χ0) is 9.35. The van der Waals surface area contributed by atoms with Crippen molar-refractivity contribution in [3.63, 3.8) is 0 Å². The molecule has 66 valence electrons. The molecular weight excluding hydrogens is 204 g/mol. The molecule has 1 aromatic rings. The fraction of sp³-hybridized carbons (Fsp3) is 0.200. The molecule has 7 heteroatoms. The van der Waals surface area contributed by atoms with Crippen LogP contribution < -0.4 is 5.56 Å². The third-order valence-corrected chi connectivity index (χ3v) is 2.68. The van der Waals surface area contributed by atoms with E-state index < -0.39 is 20.3 Å². The van der Waals surface area contributed by atoms with Gasteiger partial charge < -0.3 is 0 Å². The van der Waals surface area contributed by atoms with Gasteiger partial charge in [0, 0.05) is 6.26 Å². The lowest BCUT2D eigenvalue weighted by atomic mass is 10.6. The molecule has 0 saturated heterocycles. The molecule has 0 aliphatic rings. The number of aromatic amines is 1. The van der Waals surface area contributed by atoms with E-state index in [-0.39, 0.29) is 5.02 Å². The Balaban J connectivity index is 3.65. The number of hydrogen-bond donors (Lipinski definition) is 1. The second-order valence-corrected chi connectivity index (χ2v) is 4.51. The van der Waals surface area contributed by atoms with E-state index in [4.69, 9.17) is 11.6 Å². The van der Waals surface area contributed by atoms with Crippen molar-refractivity contribution in [2.75, 3.05) is 6.26 Å². The third kappa shape index (κ3) is 1.64. The lowest BCUT2D eigenvalue weighted by Crippen LogP contribution is -2.18. The molecule has 0 aliphatic carbocycles. The van der Waals surface area contributed by atoms with Crippen molar-refractivity contribution in [2.45, 2.75) is 4.90 Å². The van der Waals surface area contributed by atoms with Crippen LogP contribution in [0.25, 0.3) is 0 Å². The van der Waals surface area contributed by atoms with Crippen LogP contribution in [-0.2, 0) is 9.84 Å². The Labute approximate surface area is 73.3 Å². The lowest BCUT2D eigenvalue weighted by molar-refractivity contribution is 0.600. The minimum atomic E-state index is -3.58. The highest BCUT2D eigenvalue weighted by atomic mass is 35.5. The minimum Gasteiger partial charge on any atom is -0.266 e. The Morgan fingerprint density at radius 3 is 2.50 bits per heavy atom. The van der Waals surface area contributed by atoms with Gasteiger partial charge in [-0.3, -0.25) is 4.79 Å². The molecular formula is C5H5ClN2O3S. The van der Waals surface area contributed by atoms with Gasteiger partial charge in [0.2, 0.25) is 0 Å². The average Bonchev–Trinajstić information content (AvgIpc) is 1.82. The summed E-state index contributed by atoms with van der Waals surface area (Å²) in [5.41, 5.74) is -0.801. The molecule has 0 radical (unpaired) electrons. The summed E-state index contributed by atoms with van der Waals surface area (Å²) in [4.78, 5) is 10.5. The summed E-state index contributed by atoms with van der Waals surface area (Å²) < 4.78 is 21.9. The van der Waals surface area contributed by atoms with E-state index in [0.717, 1.165) is 12.5 Å². The molecule has 1 N–H and O–H groups in total. The Morgan fingerprint density at radius 2 is 2.17 bits per heavy atom. The van der Waals surface area contributed by atoms with E-state index in [1.54, 1.807) is 0 Å². The molecule has 1 heterocycles. The average molecular weight is 209 g/mol. The van der Waals surface area contributed by atoms with E-state index >= 15 is 0 Å². The Morgan fingerprint density at radius 1 is 1.58 bits per heavy atom. The summed E-state index contributed by atoms with van der Waals surface area (Å²) in [7, 11) is -3.58. The van der Waals surface area contributed by atoms with Crippen LogP contribution in [0.15, 0.2) is 15.9 Å². The summed E-state index contributed by atoms with van der Waals surface area (Å²) in [5.74, 6) is 0. The van der Waals surface area contributed by atoms with Gasteiger partial charge in [-0.05, 0) is 0 Å². The van der Waals surface area contributed by atoms with Crippen LogP contribution in [0, 0.1) is 0 Å². The van der Waals surface area contributed by atoms with Gasteiger partial charge in [0.15, 0.2) is 14.7 Å². The molecule has 0 unspecified atom stereocenters. The number of halogens is 1. The molecule has 0 aromatic carbocycles. The van der Waals surface area contributed by atoms with E-state index in [9.17, 15) is 13.2 Å². The summed E-state index contributed by atoms with van der Waals surface area (Å²) in [6, 6.07) is 0. The summed E-state index contributed by atoms with van der Waals surface area (Å²) in [6.45, 7) is 0. The zero-order valence-corrected chi connectivity index (χ0v) is 7.61. The van der Waals surface area contributed by atoms with Crippen molar-refractivity contribution in [3.05, 3.63) is 21.6 Å². The quantitative estimate of drug-likeness (QED) is 0.695. The summed E-state index contributed by atoms with van der Waals surface area (Å²) in [5, 5.41) is 5.14. The largest absolute Gasteiger partial charge is 0.284 e. The molecule has 0 bridgehead atoms. The van der Waals surface area contributed by atoms with Gasteiger partial charge in [-0.25, -0.2) is 13.5 Å². The van der Waals surface area contributed by atoms with Gasteiger partial charge in [-0.15, -0.1) is 0 Å². The maximum Gasteiger partial charge on any atom is 0.284 e. The predicted molar refractivity (Wildman–Crippen MR) is 43.0 cm³/mol. The van der Waals surface area contributed by atoms with Crippen LogP contribution in [-0.4, -0.2) is 24.9 Å². The van der Waals surface area contributed by atoms with E-state index in [0.29, 0.717) is 0 Å². The first kappa shape index (κ1) is 9.21. The third-order valence-electron chi connectivity index (χ3n) is 1.14. The van der Waals surface area contributed by atoms with Gasteiger partial charge in [0.25, 0.3) is 5.56 Å². The summed E-state index contributed by atoms with van der Waals surface area (Å²) >= 11 is 5.45. The molecule has 1 rings (SSSR count). The smallest absolute Gasteiger partial charge is 0.266 e. The van der Waals surface area contributed by atoms with Gasteiger partial charge in [-0.1, -0.05) is 11.6 Å². The first-order chi connectivity index (χ1) is 5.43. The van der Waals surface area contributed by atoms with Crippen molar-refractivity contribution in [2.24, 2.45) is 0 Å². The maximum atomic E-state index is 10.9. The molecule has 1 aromatic heterocycles. The van der Waals surface area contributed by atoms with Crippen LogP contribution in [0.4, 0.5) is 0 Å². The number of aromatic nitrogens is 2. The van der Waals surface area contributed by atoms with Crippen molar-refractivity contribution in [1.82, 2.24) is 10.2 Å². The first-order valence-electron chi connectivity index (χ1n) is 2.86. The van der Waals surface area contributed by atoms with Crippen molar-refractivity contribution in [3.8, 4) is 0 Å². The molecule has 12 heavy (non-hydrogen) atoms. The van der Waals surface area contributed by atoms with Gasteiger partial charge in [0.1, 0.15) is 0 Å². The minimum absolute atomic E-state index is 0.166. The van der Waals surface area contributed by atoms with E-state index in [2.05, 4.69) is 5.10 Å². The maximum absolute atomic E-state index is 10.9. The van der Waals surface area contributed by atoms with Crippen molar-refractivity contribution < 1.29 is 8.42 Å². The molecule has 0 fully saturated rings. The second kappa shape index (κ2) is 2.87. The van der Waals surface area contributed by atoms with Gasteiger partial charge in [0.05, 0.1) is 11.2 Å². The standard InChI is InChI=1S/C5H5ClN2O3S/c1-12(10,11)4-3(6)2-7-8-5(4)9/h2H,1H3,(H,8,9). The van der Waals surface area contributed by atoms with Crippen LogP contribution in [0.5, 0.6) is 0 Å². The first-order valence-corrected chi connectivity index (χ1v) is 5.13.